The quantitative estimate of drug-likeness (QED) is 0.911. The molecule has 0 spiro atoms. The molecule has 1 atom stereocenters. The molecule has 0 aliphatic heterocycles. The summed E-state index contributed by atoms with van der Waals surface area (Å²) in [4.78, 5) is 0.111. The van der Waals surface area contributed by atoms with Gasteiger partial charge in [0, 0.05) is 16.8 Å². The topological polar surface area (TPSA) is 72.2 Å². The molecule has 0 aromatic heterocycles. The molecule has 0 saturated heterocycles. The molecule has 0 aliphatic carbocycles. The van der Waals surface area contributed by atoms with Gasteiger partial charge in [-0.15, -0.1) is 0 Å². The molecule has 0 saturated carbocycles. The number of sulfonamides is 1. The first-order valence-corrected chi connectivity index (χ1v) is 7.93. The van der Waals surface area contributed by atoms with Crippen LogP contribution in [0.1, 0.15) is 18.5 Å². The number of nitrogens with one attached hydrogen (secondary N) is 1. The lowest BCUT2D eigenvalue weighted by molar-refractivity contribution is 0.597. The molecular formula is C14H15ClN2O2S. The van der Waals surface area contributed by atoms with Gasteiger partial charge in [-0.2, -0.15) is 0 Å². The van der Waals surface area contributed by atoms with Crippen LogP contribution in [0.5, 0.6) is 0 Å². The van der Waals surface area contributed by atoms with Gasteiger partial charge in [0.2, 0.25) is 10.0 Å². The molecule has 0 aliphatic rings. The number of hydrogen-bond donors (Lipinski definition) is 2. The predicted octanol–water partition coefficient (Wildman–Crippen LogP) is 3.16. The lowest BCUT2D eigenvalue weighted by atomic mass is 10.1. The van der Waals surface area contributed by atoms with Gasteiger partial charge >= 0.3 is 0 Å². The number of rotatable bonds is 4. The van der Waals surface area contributed by atoms with Gasteiger partial charge in [-0.3, -0.25) is 0 Å². The third kappa shape index (κ3) is 3.72. The van der Waals surface area contributed by atoms with Crippen molar-refractivity contribution in [2.75, 3.05) is 5.32 Å². The average Bonchev–Trinajstić information content (AvgIpc) is 2.40. The van der Waals surface area contributed by atoms with Crippen molar-refractivity contribution in [3.8, 4) is 0 Å². The molecule has 0 fully saturated rings. The van der Waals surface area contributed by atoms with E-state index in [0.29, 0.717) is 5.02 Å². The lowest BCUT2D eigenvalue weighted by Crippen LogP contribution is -2.13. The van der Waals surface area contributed by atoms with E-state index in [-0.39, 0.29) is 10.9 Å². The van der Waals surface area contributed by atoms with Crippen molar-refractivity contribution in [1.82, 2.24) is 0 Å². The smallest absolute Gasteiger partial charge is 0.238 e. The molecule has 0 amide bonds. The number of halogens is 1. The molecule has 2 aromatic rings. The standard InChI is InChI=1S/C14H15ClN2O2S/c1-10(17-13-7-5-12(15)6-8-13)11-3-2-4-14(9-11)20(16,18)19/h2-10,17H,1H3,(H2,16,18,19). The first kappa shape index (κ1) is 14.8. The Morgan fingerprint density at radius 1 is 1.15 bits per heavy atom. The van der Waals surface area contributed by atoms with Crippen molar-refractivity contribution >= 4 is 27.3 Å². The lowest BCUT2D eigenvalue weighted by Gasteiger charge is -2.16. The first-order valence-electron chi connectivity index (χ1n) is 6.01. The van der Waals surface area contributed by atoms with E-state index in [2.05, 4.69) is 5.32 Å². The fourth-order valence-corrected chi connectivity index (χ4v) is 2.53. The largest absolute Gasteiger partial charge is 0.379 e. The third-order valence-electron chi connectivity index (χ3n) is 2.91. The SMILES string of the molecule is CC(Nc1ccc(Cl)cc1)c1cccc(S(N)(=O)=O)c1. The van der Waals surface area contributed by atoms with E-state index in [4.69, 9.17) is 16.7 Å². The fraction of sp³-hybridized carbons (Fsp3) is 0.143. The van der Waals surface area contributed by atoms with E-state index < -0.39 is 10.0 Å². The van der Waals surface area contributed by atoms with Gasteiger partial charge in [-0.1, -0.05) is 23.7 Å². The van der Waals surface area contributed by atoms with Crippen molar-refractivity contribution in [3.05, 3.63) is 59.1 Å². The summed E-state index contributed by atoms with van der Waals surface area (Å²) in [5.41, 5.74) is 1.74. The molecule has 2 rings (SSSR count). The Kier molecular flexibility index (Phi) is 4.32. The van der Waals surface area contributed by atoms with Gasteiger partial charge in [-0.05, 0) is 48.9 Å². The van der Waals surface area contributed by atoms with E-state index in [9.17, 15) is 8.42 Å². The molecule has 0 bridgehead atoms. The highest BCUT2D eigenvalue weighted by Gasteiger charge is 2.11. The number of hydrogen-bond acceptors (Lipinski definition) is 3. The molecular weight excluding hydrogens is 296 g/mol. The van der Waals surface area contributed by atoms with Gasteiger partial charge in [0.25, 0.3) is 0 Å². The zero-order valence-corrected chi connectivity index (χ0v) is 12.4. The van der Waals surface area contributed by atoms with Crippen molar-refractivity contribution < 1.29 is 8.42 Å². The van der Waals surface area contributed by atoms with Crippen LogP contribution in [0.25, 0.3) is 0 Å². The summed E-state index contributed by atoms with van der Waals surface area (Å²) in [7, 11) is -3.68. The summed E-state index contributed by atoms with van der Waals surface area (Å²) < 4.78 is 22.7. The maximum Gasteiger partial charge on any atom is 0.238 e. The van der Waals surface area contributed by atoms with Crippen LogP contribution in [-0.2, 0) is 10.0 Å². The predicted molar refractivity (Wildman–Crippen MR) is 81.3 cm³/mol. The Balaban J connectivity index is 2.21. The van der Waals surface area contributed by atoms with Gasteiger partial charge in [0.15, 0.2) is 0 Å². The molecule has 0 radical (unpaired) electrons. The molecule has 0 heterocycles. The highest BCUT2D eigenvalue weighted by Crippen LogP contribution is 2.22. The van der Waals surface area contributed by atoms with E-state index >= 15 is 0 Å². The Morgan fingerprint density at radius 3 is 2.40 bits per heavy atom. The van der Waals surface area contributed by atoms with Crippen molar-refractivity contribution in [1.29, 1.82) is 0 Å². The number of benzene rings is 2. The van der Waals surface area contributed by atoms with Gasteiger partial charge in [-0.25, -0.2) is 13.6 Å². The second kappa shape index (κ2) is 5.83. The molecule has 106 valence electrons. The zero-order valence-electron chi connectivity index (χ0n) is 10.9. The van der Waals surface area contributed by atoms with Crippen LogP contribution in [0.4, 0.5) is 5.69 Å². The van der Waals surface area contributed by atoms with Crippen LogP contribution in [0.2, 0.25) is 5.02 Å². The van der Waals surface area contributed by atoms with E-state index in [1.807, 2.05) is 25.1 Å². The van der Waals surface area contributed by atoms with E-state index in [0.717, 1.165) is 11.3 Å². The Labute approximate surface area is 123 Å². The third-order valence-corrected chi connectivity index (χ3v) is 4.08. The highest BCUT2D eigenvalue weighted by molar-refractivity contribution is 7.89. The second-order valence-electron chi connectivity index (χ2n) is 4.49. The minimum Gasteiger partial charge on any atom is -0.379 e. The molecule has 4 nitrogen and oxygen atoms in total. The Hall–Kier alpha value is -1.56. The van der Waals surface area contributed by atoms with Gasteiger partial charge in [0.05, 0.1) is 4.90 Å². The molecule has 6 heteroatoms. The second-order valence-corrected chi connectivity index (χ2v) is 6.49. The van der Waals surface area contributed by atoms with Gasteiger partial charge in [0.1, 0.15) is 0 Å². The summed E-state index contributed by atoms with van der Waals surface area (Å²) in [5, 5.41) is 9.07. The number of anilines is 1. The molecule has 1 unspecified atom stereocenters. The van der Waals surface area contributed by atoms with Crippen LogP contribution in [0, 0.1) is 0 Å². The average molecular weight is 311 g/mol. The first-order chi connectivity index (χ1) is 9.36. The Bertz CT molecular complexity index is 699. The van der Waals surface area contributed by atoms with Crippen LogP contribution in [-0.4, -0.2) is 8.42 Å². The fourth-order valence-electron chi connectivity index (χ4n) is 1.84. The number of primary sulfonamides is 1. The minimum absolute atomic E-state index is 0.0575. The zero-order chi connectivity index (χ0) is 14.8. The van der Waals surface area contributed by atoms with E-state index in [1.165, 1.54) is 6.07 Å². The van der Waals surface area contributed by atoms with Crippen LogP contribution in [0.15, 0.2) is 53.4 Å². The van der Waals surface area contributed by atoms with Crippen molar-refractivity contribution in [3.63, 3.8) is 0 Å². The van der Waals surface area contributed by atoms with Crippen molar-refractivity contribution in [2.45, 2.75) is 17.9 Å². The van der Waals surface area contributed by atoms with Crippen molar-refractivity contribution in [2.24, 2.45) is 5.14 Å². The van der Waals surface area contributed by atoms with E-state index in [1.54, 1.807) is 24.3 Å². The number of nitrogens with two attached hydrogens (primary N) is 1. The van der Waals surface area contributed by atoms with Crippen LogP contribution < -0.4 is 10.5 Å². The monoisotopic (exact) mass is 310 g/mol. The normalized spacial score (nSPS) is 12.9. The molecule has 2 aromatic carbocycles. The van der Waals surface area contributed by atoms with Gasteiger partial charge < -0.3 is 5.32 Å². The summed E-state index contributed by atoms with van der Waals surface area (Å²) >= 11 is 5.83. The summed E-state index contributed by atoms with van der Waals surface area (Å²) in [6.07, 6.45) is 0. The Morgan fingerprint density at radius 2 is 1.80 bits per heavy atom. The molecule has 3 N–H and O–H groups in total. The summed E-state index contributed by atoms with van der Waals surface area (Å²) in [5.74, 6) is 0. The minimum atomic E-state index is -3.68. The summed E-state index contributed by atoms with van der Waals surface area (Å²) in [6.45, 7) is 1.94. The maximum absolute atomic E-state index is 11.3. The molecule has 20 heavy (non-hydrogen) atoms. The van der Waals surface area contributed by atoms with Crippen LogP contribution in [0.3, 0.4) is 0 Å². The highest BCUT2D eigenvalue weighted by atomic mass is 35.5. The maximum atomic E-state index is 11.3. The summed E-state index contributed by atoms with van der Waals surface area (Å²) in [6, 6.07) is 13.8. The van der Waals surface area contributed by atoms with Crippen LogP contribution >= 0.6 is 11.6 Å².